The molecular formula is C21H30N8O5. The van der Waals surface area contributed by atoms with Gasteiger partial charge < -0.3 is 24.3 Å². The summed E-state index contributed by atoms with van der Waals surface area (Å²) in [6, 6.07) is 7.39. The Hall–Kier alpha value is -3.22. The standard InChI is InChI=1S/C21H30N8O5/c1-17-25-27-21(28-26-17)19-4-2-18(3-5-19)16-20(30)23-6-8-31-10-12-33-14-15-34-13-11-32-9-7-24-29-22/h2-5H,6-16H2,1H3,(H,23,30). The second-order valence-electron chi connectivity index (χ2n) is 6.90. The zero-order valence-electron chi connectivity index (χ0n) is 19.3. The number of nitrogens with zero attached hydrogens (tertiary/aromatic N) is 7. The first kappa shape index (κ1) is 27.0. The number of benzene rings is 1. The summed E-state index contributed by atoms with van der Waals surface area (Å²) in [5.41, 5.74) is 9.79. The SMILES string of the molecule is Cc1nnc(-c2ccc(CC(=O)NCCOCCOCCOCCOCCN=[N+]=[N-])cc2)nn1. The molecule has 0 aliphatic carbocycles. The highest BCUT2D eigenvalue weighted by Crippen LogP contribution is 2.14. The molecule has 1 heterocycles. The van der Waals surface area contributed by atoms with Gasteiger partial charge in [0.2, 0.25) is 11.7 Å². The number of nitrogens with one attached hydrogen (secondary N) is 1. The minimum Gasteiger partial charge on any atom is -0.379 e. The number of amides is 1. The normalized spacial score (nSPS) is 10.6. The Morgan fingerprint density at radius 2 is 1.44 bits per heavy atom. The zero-order chi connectivity index (χ0) is 24.3. The predicted octanol–water partition coefficient (Wildman–Crippen LogP) is 1.28. The van der Waals surface area contributed by atoms with E-state index in [1.807, 2.05) is 24.3 Å². The summed E-state index contributed by atoms with van der Waals surface area (Å²) in [5, 5.41) is 22.0. The Morgan fingerprint density at radius 3 is 2.03 bits per heavy atom. The second kappa shape index (κ2) is 17.3. The molecule has 0 bridgehead atoms. The molecular weight excluding hydrogens is 444 g/mol. The Labute approximate surface area is 197 Å². The fraction of sp³-hybridized carbons (Fsp3) is 0.571. The van der Waals surface area contributed by atoms with Gasteiger partial charge in [0.25, 0.3) is 0 Å². The highest BCUT2D eigenvalue weighted by Gasteiger charge is 2.06. The summed E-state index contributed by atoms with van der Waals surface area (Å²) in [5.74, 6) is 0.875. The lowest BCUT2D eigenvalue weighted by Crippen LogP contribution is -2.29. The third kappa shape index (κ3) is 12.1. The van der Waals surface area contributed by atoms with Crippen molar-refractivity contribution in [2.75, 3.05) is 65.9 Å². The van der Waals surface area contributed by atoms with Gasteiger partial charge in [0.05, 0.1) is 59.3 Å². The fourth-order valence-electron chi connectivity index (χ4n) is 2.59. The second-order valence-corrected chi connectivity index (χ2v) is 6.90. The zero-order valence-corrected chi connectivity index (χ0v) is 19.3. The third-order valence-electron chi connectivity index (χ3n) is 4.24. The van der Waals surface area contributed by atoms with E-state index >= 15 is 0 Å². The molecule has 2 rings (SSSR count). The van der Waals surface area contributed by atoms with Crippen molar-refractivity contribution in [1.82, 2.24) is 25.7 Å². The summed E-state index contributed by atoms with van der Waals surface area (Å²) in [4.78, 5) is 14.7. The van der Waals surface area contributed by atoms with E-state index in [0.29, 0.717) is 77.6 Å². The molecule has 2 aromatic rings. The highest BCUT2D eigenvalue weighted by molar-refractivity contribution is 5.78. The van der Waals surface area contributed by atoms with Crippen LogP contribution >= 0.6 is 0 Å². The number of azide groups is 1. The molecule has 1 aromatic heterocycles. The minimum atomic E-state index is -0.0820. The Bertz CT molecular complexity index is 876. The van der Waals surface area contributed by atoms with Gasteiger partial charge in [0, 0.05) is 23.6 Å². The summed E-state index contributed by atoms with van der Waals surface area (Å²) < 4.78 is 21.4. The Balaban J connectivity index is 1.42. The van der Waals surface area contributed by atoms with Crippen LogP contribution in [0.4, 0.5) is 0 Å². The van der Waals surface area contributed by atoms with Gasteiger partial charge in [-0.1, -0.05) is 29.4 Å². The minimum absolute atomic E-state index is 0.0820. The van der Waals surface area contributed by atoms with E-state index in [1.54, 1.807) is 6.92 Å². The van der Waals surface area contributed by atoms with Crippen LogP contribution in [0, 0.1) is 6.92 Å². The number of rotatable bonds is 18. The molecule has 1 amide bonds. The van der Waals surface area contributed by atoms with Gasteiger partial charge in [-0.3, -0.25) is 4.79 Å². The molecule has 1 aromatic carbocycles. The lowest BCUT2D eigenvalue weighted by molar-refractivity contribution is -0.120. The molecule has 0 aliphatic heterocycles. The van der Waals surface area contributed by atoms with Gasteiger partial charge in [0.15, 0.2) is 5.82 Å². The predicted molar refractivity (Wildman–Crippen MR) is 122 cm³/mol. The fourth-order valence-corrected chi connectivity index (χ4v) is 2.59. The van der Waals surface area contributed by atoms with Crippen molar-refractivity contribution in [2.24, 2.45) is 5.11 Å². The molecule has 0 fully saturated rings. The van der Waals surface area contributed by atoms with Crippen LogP contribution in [0.1, 0.15) is 11.4 Å². The summed E-state index contributed by atoms with van der Waals surface area (Å²) in [6.07, 6.45) is 0.271. The molecule has 184 valence electrons. The lowest BCUT2D eigenvalue weighted by atomic mass is 10.1. The van der Waals surface area contributed by atoms with Crippen molar-refractivity contribution < 1.29 is 23.7 Å². The molecule has 0 radical (unpaired) electrons. The number of carbonyl (C=O) groups excluding carboxylic acids is 1. The molecule has 0 aliphatic rings. The first-order valence-corrected chi connectivity index (χ1v) is 10.9. The molecule has 13 nitrogen and oxygen atoms in total. The third-order valence-corrected chi connectivity index (χ3v) is 4.24. The van der Waals surface area contributed by atoms with Gasteiger partial charge in [0.1, 0.15) is 0 Å². The van der Waals surface area contributed by atoms with Crippen molar-refractivity contribution in [1.29, 1.82) is 0 Å². The Kier molecular flexibility index (Phi) is 13.7. The van der Waals surface area contributed by atoms with Crippen LogP contribution in [0.3, 0.4) is 0 Å². The van der Waals surface area contributed by atoms with Crippen LogP contribution in [0.5, 0.6) is 0 Å². The number of hydrogen-bond acceptors (Lipinski definition) is 10. The molecule has 0 spiro atoms. The molecule has 0 unspecified atom stereocenters. The van der Waals surface area contributed by atoms with Gasteiger partial charge in [-0.25, -0.2) is 0 Å². The van der Waals surface area contributed by atoms with Crippen molar-refractivity contribution in [2.45, 2.75) is 13.3 Å². The molecule has 34 heavy (non-hydrogen) atoms. The monoisotopic (exact) mass is 474 g/mol. The van der Waals surface area contributed by atoms with E-state index < -0.39 is 0 Å². The smallest absolute Gasteiger partial charge is 0.224 e. The van der Waals surface area contributed by atoms with E-state index in [-0.39, 0.29) is 12.3 Å². The van der Waals surface area contributed by atoms with E-state index in [1.165, 1.54) is 0 Å². The Morgan fingerprint density at radius 1 is 0.882 bits per heavy atom. The first-order chi connectivity index (χ1) is 16.7. The average Bonchev–Trinajstić information content (AvgIpc) is 2.85. The molecule has 0 saturated carbocycles. The average molecular weight is 475 g/mol. The van der Waals surface area contributed by atoms with Gasteiger partial charge >= 0.3 is 0 Å². The maximum absolute atomic E-state index is 12.1. The van der Waals surface area contributed by atoms with Gasteiger partial charge in [-0.2, -0.15) is 0 Å². The van der Waals surface area contributed by atoms with E-state index in [9.17, 15) is 4.79 Å². The highest BCUT2D eigenvalue weighted by atomic mass is 16.6. The van der Waals surface area contributed by atoms with Gasteiger partial charge in [-0.05, 0) is 18.0 Å². The summed E-state index contributed by atoms with van der Waals surface area (Å²) in [7, 11) is 0. The van der Waals surface area contributed by atoms with Crippen molar-refractivity contribution in [3.63, 3.8) is 0 Å². The number of hydrogen-bond donors (Lipinski definition) is 1. The lowest BCUT2D eigenvalue weighted by Gasteiger charge is -2.08. The van der Waals surface area contributed by atoms with E-state index in [2.05, 4.69) is 35.7 Å². The molecule has 13 heteroatoms. The van der Waals surface area contributed by atoms with Crippen molar-refractivity contribution in [3.05, 3.63) is 46.1 Å². The number of aryl methyl sites for hydroxylation is 1. The van der Waals surface area contributed by atoms with E-state index in [4.69, 9.17) is 24.5 Å². The van der Waals surface area contributed by atoms with Gasteiger partial charge in [-0.15, -0.1) is 20.4 Å². The number of carbonyl (C=O) groups is 1. The maximum atomic E-state index is 12.1. The van der Waals surface area contributed by atoms with Crippen molar-refractivity contribution >= 4 is 5.91 Å². The van der Waals surface area contributed by atoms with Crippen LogP contribution in [-0.2, 0) is 30.2 Å². The molecule has 0 atom stereocenters. The largest absolute Gasteiger partial charge is 0.379 e. The number of ether oxygens (including phenoxy) is 4. The van der Waals surface area contributed by atoms with Crippen LogP contribution < -0.4 is 5.32 Å². The molecule has 0 saturated heterocycles. The van der Waals surface area contributed by atoms with Crippen LogP contribution in [0.25, 0.3) is 21.8 Å². The van der Waals surface area contributed by atoms with Crippen LogP contribution in [0.15, 0.2) is 29.4 Å². The quantitative estimate of drug-likeness (QED) is 0.145. The number of aromatic nitrogens is 4. The van der Waals surface area contributed by atoms with Crippen LogP contribution in [0.2, 0.25) is 0 Å². The maximum Gasteiger partial charge on any atom is 0.224 e. The molecule has 1 N–H and O–H groups in total. The summed E-state index contributed by atoms with van der Waals surface area (Å²) in [6.45, 7) is 5.95. The topological polar surface area (TPSA) is 166 Å². The van der Waals surface area contributed by atoms with Crippen molar-refractivity contribution in [3.8, 4) is 11.4 Å². The van der Waals surface area contributed by atoms with E-state index in [0.717, 1.165) is 11.1 Å². The summed E-state index contributed by atoms with van der Waals surface area (Å²) >= 11 is 0. The van der Waals surface area contributed by atoms with Crippen LogP contribution in [-0.4, -0.2) is 92.2 Å². The first-order valence-electron chi connectivity index (χ1n) is 10.9.